The van der Waals surface area contributed by atoms with E-state index in [2.05, 4.69) is 72.1 Å². The summed E-state index contributed by atoms with van der Waals surface area (Å²) in [5.74, 6) is 3.11. The molecule has 0 amide bonds. The Morgan fingerprint density at radius 2 is 0.604 bits per heavy atom. The zero-order chi connectivity index (χ0) is 33.4. The molecule has 0 radical (unpaired) electrons. The van der Waals surface area contributed by atoms with Crippen LogP contribution in [0.25, 0.3) is 69.5 Å². The Bertz CT molecular complexity index is 1720. The summed E-state index contributed by atoms with van der Waals surface area (Å²) in [7, 11) is 0. The minimum Gasteiger partial charge on any atom is -0.493 e. The second kappa shape index (κ2) is 12.8. The van der Waals surface area contributed by atoms with Crippen LogP contribution in [-0.4, -0.2) is 65.4 Å². The second-order valence-electron chi connectivity index (χ2n) is 12.6. The molecule has 0 saturated carbocycles. The molecule has 0 N–H and O–H groups in total. The van der Waals surface area contributed by atoms with Gasteiger partial charge in [-0.1, -0.05) is 41.5 Å². The monoisotopic (exact) mass is 651 g/mol. The highest BCUT2D eigenvalue weighted by molar-refractivity contribution is 5.65. The zero-order valence-electron chi connectivity index (χ0n) is 27.3. The normalized spacial score (nSPS) is 11.9. The van der Waals surface area contributed by atoms with Crippen molar-refractivity contribution in [2.24, 2.45) is 17.8 Å². The van der Waals surface area contributed by atoms with Gasteiger partial charge in [0.1, 0.15) is 51.4 Å². The number of hydrogen-bond donors (Lipinski definition) is 0. The summed E-state index contributed by atoms with van der Waals surface area (Å²) < 4.78 is 36.5. The van der Waals surface area contributed by atoms with E-state index < -0.39 is 0 Å². The molecule has 0 atom stereocenters. The van der Waals surface area contributed by atoms with Crippen LogP contribution in [0.3, 0.4) is 0 Å². The summed E-state index contributed by atoms with van der Waals surface area (Å²) in [5, 5.41) is 25.7. The smallest absolute Gasteiger partial charge is 0.266 e. The number of pyridine rings is 3. The van der Waals surface area contributed by atoms with E-state index in [0.717, 1.165) is 0 Å². The maximum Gasteiger partial charge on any atom is 0.266 e. The number of ether oxygens (including phenoxy) is 3. The molecule has 15 heteroatoms. The first-order valence-corrected chi connectivity index (χ1v) is 15.6. The van der Waals surface area contributed by atoms with Gasteiger partial charge in [0.15, 0.2) is 0 Å². The van der Waals surface area contributed by atoms with Crippen LogP contribution in [0.4, 0.5) is 0 Å². The minimum atomic E-state index is 0.125. The van der Waals surface area contributed by atoms with Gasteiger partial charge in [0.05, 0.1) is 19.8 Å². The predicted octanol–water partition coefficient (Wildman–Crippen LogP) is 6.44. The van der Waals surface area contributed by atoms with E-state index >= 15 is 0 Å². The lowest BCUT2D eigenvalue weighted by atomic mass is 10.2. The highest BCUT2D eigenvalue weighted by atomic mass is 16.5. The summed E-state index contributed by atoms with van der Waals surface area (Å²) in [6.07, 6.45) is 0. The van der Waals surface area contributed by atoms with Crippen molar-refractivity contribution >= 4 is 0 Å². The fraction of sp³-hybridized carbons (Fsp3) is 0.364. The summed E-state index contributed by atoms with van der Waals surface area (Å²) >= 11 is 0. The van der Waals surface area contributed by atoms with Crippen molar-refractivity contribution < 1.29 is 27.5 Å². The summed E-state index contributed by atoms with van der Waals surface area (Å²) in [4.78, 5) is 14.2. The van der Waals surface area contributed by atoms with Crippen LogP contribution in [0.2, 0.25) is 0 Å². The van der Waals surface area contributed by atoms with Crippen molar-refractivity contribution in [1.82, 2.24) is 45.5 Å². The molecular weight excluding hydrogens is 618 g/mol. The number of hydrogen-bond acceptors (Lipinski definition) is 15. The van der Waals surface area contributed by atoms with Crippen molar-refractivity contribution in [2.75, 3.05) is 19.8 Å². The van der Waals surface area contributed by atoms with Crippen molar-refractivity contribution in [2.45, 2.75) is 41.5 Å². The number of rotatable bonds is 9. The molecule has 1 aliphatic heterocycles. The van der Waals surface area contributed by atoms with E-state index in [4.69, 9.17) is 42.4 Å². The third-order valence-electron chi connectivity index (χ3n) is 6.74. The SMILES string of the molecule is CC(C)COc1cc2nc(c1)-c1nnc(o1)-c1cc(OCC(C)C)cc(n1)-c1nnc(o1)-c1cc(OCC(C)C)cc(n1)-c1nnc-2o1. The lowest BCUT2D eigenvalue weighted by Gasteiger charge is -2.11. The Kier molecular flexibility index (Phi) is 8.25. The molecule has 6 aromatic heterocycles. The van der Waals surface area contributed by atoms with E-state index in [1.807, 2.05) is 0 Å². The topological polar surface area (TPSA) is 183 Å². The molecule has 15 nitrogen and oxygen atoms in total. The molecule has 0 aromatic carbocycles. The Balaban J connectivity index is 1.43. The van der Waals surface area contributed by atoms with Crippen LogP contribution >= 0.6 is 0 Å². The van der Waals surface area contributed by atoms with Crippen molar-refractivity contribution in [3.8, 4) is 86.8 Å². The first-order valence-electron chi connectivity index (χ1n) is 15.6. The Morgan fingerprint density at radius 1 is 0.396 bits per heavy atom. The Morgan fingerprint density at radius 3 is 0.792 bits per heavy atom. The van der Waals surface area contributed by atoms with E-state index in [1.54, 1.807) is 36.4 Å². The maximum atomic E-state index is 6.11. The average Bonchev–Trinajstić information content (AvgIpc) is 3.86. The zero-order valence-corrected chi connectivity index (χ0v) is 27.3. The Hall–Kier alpha value is -5.73. The molecule has 1 aliphatic rings. The number of fused-ring (bicyclic) bond motifs is 18. The molecule has 48 heavy (non-hydrogen) atoms. The van der Waals surface area contributed by atoms with Crippen molar-refractivity contribution in [3.05, 3.63) is 36.4 Å². The quantitative estimate of drug-likeness (QED) is 0.166. The molecule has 246 valence electrons. The lowest BCUT2D eigenvalue weighted by molar-refractivity contribution is 0.271. The lowest BCUT2D eigenvalue weighted by Crippen LogP contribution is -2.05. The first-order chi connectivity index (χ1) is 23.2. The fourth-order valence-electron chi connectivity index (χ4n) is 4.50. The summed E-state index contributed by atoms with van der Waals surface area (Å²) in [6, 6.07) is 10.3. The Labute approximate surface area is 275 Å². The van der Waals surface area contributed by atoms with Crippen molar-refractivity contribution in [3.63, 3.8) is 0 Å². The van der Waals surface area contributed by atoms with Gasteiger partial charge < -0.3 is 27.5 Å². The molecule has 0 unspecified atom stereocenters. The van der Waals surface area contributed by atoms with Gasteiger partial charge in [-0.15, -0.1) is 30.6 Å². The van der Waals surface area contributed by atoms with Gasteiger partial charge in [-0.05, 0) is 17.8 Å². The molecule has 6 aromatic rings. The van der Waals surface area contributed by atoms with Gasteiger partial charge in [-0.25, -0.2) is 15.0 Å². The van der Waals surface area contributed by atoms with Crippen LogP contribution < -0.4 is 14.2 Å². The highest BCUT2D eigenvalue weighted by Crippen LogP contribution is 2.35. The predicted molar refractivity (Wildman–Crippen MR) is 171 cm³/mol. The average molecular weight is 652 g/mol. The van der Waals surface area contributed by atoms with Crippen LogP contribution in [-0.2, 0) is 0 Å². The van der Waals surface area contributed by atoms with Gasteiger partial charge in [0.2, 0.25) is 0 Å². The molecule has 7 heterocycles. The third kappa shape index (κ3) is 6.70. The third-order valence-corrected chi connectivity index (χ3v) is 6.74. The van der Waals surface area contributed by atoms with Gasteiger partial charge in [-0.2, -0.15) is 0 Å². The summed E-state index contributed by atoms with van der Waals surface area (Å²) in [6.45, 7) is 13.7. The largest absolute Gasteiger partial charge is 0.493 e. The van der Waals surface area contributed by atoms with Crippen LogP contribution in [0.5, 0.6) is 17.2 Å². The maximum absolute atomic E-state index is 6.11. The first kappa shape index (κ1) is 30.9. The van der Waals surface area contributed by atoms with Gasteiger partial charge in [-0.3, -0.25) is 0 Å². The minimum absolute atomic E-state index is 0.125. The van der Waals surface area contributed by atoms with E-state index in [-0.39, 0.29) is 53.1 Å². The van der Waals surface area contributed by atoms with Gasteiger partial charge in [0.25, 0.3) is 35.3 Å². The van der Waals surface area contributed by atoms with Crippen molar-refractivity contribution in [1.29, 1.82) is 0 Å². The molecule has 0 saturated heterocycles. The summed E-state index contributed by atoms with van der Waals surface area (Å²) in [5.41, 5.74) is 2.02. The van der Waals surface area contributed by atoms with Gasteiger partial charge >= 0.3 is 0 Å². The fourth-order valence-corrected chi connectivity index (χ4v) is 4.50. The van der Waals surface area contributed by atoms with Crippen LogP contribution in [0, 0.1) is 17.8 Å². The van der Waals surface area contributed by atoms with E-state index in [9.17, 15) is 0 Å². The number of aromatic nitrogens is 9. The molecular formula is C33H33N9O6. The van der Waals surface area contributed by atoms with E-state index in [1.165, 1.54) is 0 Å². The standard InChI is InChI=1S/C33H33N9O6/c1-16(2)13-43-19-7-22-28-37-39-30(46-28)24-9-20(44-14-17(3)4)11-26(35-24)32-41-42-33(48-32)27-12-21(45-15-18(5)6)10-25(36-27)31-40-38-29(47-31)23(8-19)34-22/h7-12,16-18H,13-15H2,1-6H3. The van der Waals surface area contributed by atoms with Crippen LogP contribution in [0.15, 0.2) is 49.6 Å². The molecule has 0 aliphatic carbocycles. The molecule has 7 rings (SSSR count). The van der Waals surface area contributed by atoms with Crippen LogP contribution in [0.1, 0.15) is 41.5 Å². The molecule has 0 spiro atoms. The number of nitrogens with zero attached hydrogens (tertiary/aromatic N) is 9. The van der Waals surface area contributed by atoms with Gasteiger partial charge in [0, 0.05) is 36.4 Å². The van der Waals surface area contributed by atoms with E-state index in [0.29, 0.717) is 71.2 Å². The molecule has 12 bridgehead atoms. The highest BCUT2D eigenvalue weighted by Gasteiger charge is 2.24. The molecule has 0 fully saturated rings. The second-order valence-corrected chi connectivity index (χ2v) is 12.6.